The molecular weight excluding hydrogens is 250 g/mol. The summed E-state index contributed by atoms with van der Waals surface area (Å²) in [6, 6.07) is 4.98. The molecule has 0 aliphatic carbocycles. The molecule has 98 valence electrons. The number of benzene rings is 1. The first kappa shape index (κ1) is 13.2. The minimum Gasteiger partial charge on any atom is -0.506 e. The molecule has 0 bridgehead atoms. The van der Waals surface area contributed by atoms with Crippen LogP contribution in [0.4, 0.5) is 0 Å². The van der Waals surface area contributed by atoms with Crippen molar-refractivity contribution in [2.75, 3.05) is 6.54 Å². The summed E-state index contributed by atoms with van der Waals surface area (Å²) in [5.41, 5.74) is 0.554. The van der Waals surface area contributed by atoms with Gasteiger partial charge >= 0.3 is 0 Å². The largest absolute Gasteiger partial charge is 0.506 e. The summed E-state index contributed by atoms with van der Waals surface area (Å²) in [6.07, 6.45) is 4.32. The highest BCUT2D eigenvalue weighted by Crippen LogP contribution is 2.26. The minimum atomic E-state index is 0.0129. The van der Waals surface area contributed by atoms with E-state index in [1.54, 1.807) is 12.1 Å². The zero-order valence-corrected chi connectivity index (χ0v) is 11.3. The predicted octanol–water partition coefficient (Wildman–Crippen LogP) is 3.45. The Morgan fingerprint density at radius 3 is 2.94 bits per heavy atom. The first-order valence-electron chi connectivity index (χ1n) is 6.43. The van der Waals surface area contributed by atoms with E-state index in [0.29, 0.717) is 11.6 Å². The second-order valence-electron chi connectivity index (χ2n) is 4.72. The van der Waals surface area contributed by atoms with Gasteiger partial charge in [0.25, 0.3) is 5.91 Å². The molecule has 0 radical (unpaired) electrons. The van der Waals surface area contributed by atoms with Crippen LogP contribution in [0.15, 0.2) is 18.2 Å². The Balaban J connectivity index is 2.21. The van der Waals surface area contributed by atoms with Crippen LogP contribution in [0.5, 0.6) is 5.75 Å². The Hall–Kier alpha value is -1.22. The van der Waals surface area contributed by atoms with Gasteiger partial charge in [-0.2, -0.15) is 0 Å². The third kappa shape index (κ3) is 2.61. The zero-order valence-electron chi connectivity index (χ0n) is 10.5. The van der Waals surface area contributed by atoms with Gasteiger partial charge in [0.15, 0.2) is 0 Å². The summed E-state index contributed by atoms with van der Waals surface area (Å²) in [7, 11) is 0. The minimum absolute atomic E-state index is 0.0129. The van der Waals surface area contributed by atoms with Gasteiger partial charge in [-0.05, 0) is 43.9 Å². The molecule has 1 saturated heterocycles. The zero-order chi connectivity index (χ0) is 13.1. The van der Waals surface area contributed by atoms with Gasteiger partial charge < -0.3 is 10.0 Å². The maximum Gasteiger partial charge on any atom is 0.254 e. The summed E-state index contributed by atoms with van der Waals surface area (Å²) in [4.78, 5) is 14.4. The van der Waals surface area contributed by atoms with E-state index in [0.717, 1.165) is 25.8 Å². The summed E-state index contributed by atoms with van der Waals surface area (Å²) in [5.74, 6) is 0.0300. The fourth-order valence-electron chi connectivity index (χ4n) is 2.50. The normalized spacial score (nSPS) is 19.9. The third-order valence-corrected chi connectivity index (χ3v) is 3.86. The van der Waals surface area contributed by atoms with Crippen LogP contribution in [0.2, 0.25) is 5.02 Å². The molecule has 1 aromatic rings. The van der Waals surface area contributed by atoms with E-state index in [-0.39, 0.29) is 16.7 Å². The molecule has 1 aliphatic heterocycles. The number of rotatable bonds is 2. The van der Waals surface area contributed by atoms with E-state index in [2.05, 4.69) is 6.92 Å². The van der Waals surface area contributed by atoms with Gasteiger partial charge in [-0.1, -0.05) is 18.5 Å². The molecule has 0 aromatic heterocycles. The van der Waals surface area contributed by atoms with Crippen molar-refractivity contribution in [1.82, 2.24) is 4.90 Å². The lowest BCUT2D eigenvalue weighted by Crippen LogP contribution is -2.43. The number of likely N-dealkylation sites (tertiary alicyclic amines) is 1. The fourth-order valence-corrected chi connectivity index (χ4v) is 2.68. The molecule has 2 rings (SSSR count). The van der Waals surface area contributed by atoms with Crippen LogP contribution >= 0.6 is 11.6 Å². The van der Waals surface area contributed by atoms with E-state index in [9.17, 15) is 9.90 Å². The molecule has 0 saturated carbocycles. The first-order valence-corrected chi connectivity index (χ1v) is 6.80. The van der Waals surface area contributed by atoms with Crippen LogP contribution in [-0.2, 0) is 0 Å². The number of carbonyl (C=O) groups excluding carboxylic acids is 1. The molecule has 1 N–H and O–H groups in total. The number of phenolic OH excluding ortho intramolecular Hbond substituents is 1. The molecular formula is C14H18ClNO2. The monoisotopic (exact) mass is 267 g/mol. The van der Waals surface area contributed by atoms with E-state index in [1.807, 2.05) is 4.90 Å². The quantitative estimate of drug-likeness (QED) is 0.892. The predicted molar refractivity (Wildman–Crippen MR) is 72.1 cm³/mol. The number of carbonyl (C=O) groups is 1. The molecule has 1 fully saturated rings. The lowest BCUT2D eigenvalue weighted by molar-refractivity contribution is 0.0608. The summed E-state index contributed by atoms with van der Waals surface area (Å²) in [5, 5.41) is 9.60. The van der Waals surface area contributed by atoms with Gasteiger partial charge in [-0.15, -0.1) is 0 Å². The van der Waals surface area contributed by atoms with Crippen molar-refractivity contribution in [3.05, 3.63) is 28.8 Å². The SMILES string of the molecule is CCC1CCCCN1C(=O)c1ccc(O)c(Cl)c1. The second kappa shape index (κ2) is 5.61. The van der Waals surface area contributed by atoms with E-state index >= 15 is 0 Å². The lowest BCUT2D eigenvalue weighted by atomic mass is 9.99. The number of hydrogen-bond acceptors (Lipinski definition) is 2. The van der Waals surface area contributed by atoms with Crippen molar-refractivity contribution >= 4 is 17.5 Å². The molecule has 3 nitrogen and oxygen atoms in total. The smallest absolute Gasteiger partial charge is 0.254 e. The van der Waals surface area contributed by atoms with Crippen LogP contribution in [0.1, 0.15) is 43.0 Å². The Bertz CT molecular complexity index is 447. The van der Waals surface area contributed by atoms with Gasteiger partial charge in [0, 0.05) is 18.2 Å². The topological polar surface area (TPSA) is 40.5 Å². The van der Waals surface area contributed by atoms with Gasteiger partial charge in [0.2, 0.25) is 0 Å². The maximum absolute atomic E-state index is 12.4. The number of piperidine rings is 1. The van der Waals surface area contributed by atoms with Gasteiger partial charge in [-0.25, -0.2) is 0 Å². The summed E-state index contributed by atoms with van der Waals surface area (Å²) in [6.45, 7) is 2.93. The van der Waals surface area contributed by atoms with Crippen molar-refractivity contribution in [2.45, 2.75) is 38.6 Å². The van der Waals surface area contributed by atoms with Gasteiger partial charge in [0.05, 0.1) is 5.02 Å². The number of nitrogens with zero attached hydrogens (tertiary/aromatic N) is 1. The second-order valence-corrected chi connectivity index (χ2v) is 5.13. The molecule has 1 heterocycles. The standard InChI is InChI=1S/C14H18ClNO2/c1-2-11-5-3-4-8-16(11)14(18)10-6-7-13(17)12(15)9-10/h6-7,9,11,17H,2-5,8H2,1H3. The highest BCUT2D eigenvalue weighted by atomic mass is 35.5. The fraction of sp³-hybridized carbons (Fsp3) is 0.500. The number of hydrogen-bond donors (Lipinski definition) is 1. The Labute approximate surface area is 112 Å². The Kier molecular flexibility index (Phi) is 4.12. The average Bonchev–Trinajstić information content (AvgIpc) is 2.41. The summed E-state index contributed by atoms with van der Waals surface area (Å²) >= 11 is 5.85. The molecule has 0 spiro atoms. The van der Waals surface area contributed by atoms with Crippen molar-refractivity contribution in [2.24, 2.45) is 0 Å². The van der Waals surface area contributed by atoms with Crippen LogP contribution in [0.3, 0.4) is 0 Å². The Morgan fingerprint density at radius 2 is 2.28 bits per heavy atom. The van der Waals surface area contributed by atoms with Crippen LogP contribution in [0, 0.1) is 0 Å². The highest BCUT2D eigenvalue weighted by Gasteiger charge is 2.26. The summed E-state index contributed by atoms with van der Waals surface area (Å²) < 4.78 is 0. The van der Waals surface area contributed by atoms with Crippen LogP contribution in [-0.4, -0.2) is 28.5 Å². The molecule has 1 unspecified atom stereocenters. The van der Waals surface area contributed by atoms with Crippen molar-refractivity contribution in [3.8, 4) is 5.75 Å². The van der Waals surface area contributed by atoms with Gasteiger partial charge in [-0.3, -0.25) is 4.79 Å². The maximum atomic E-state index is 12.4. The average molecular weight is 268 g/mol. The van der Waals surface area contributed by atoms with Crippen LogP contribution in [0.25, 0.3) is 0 Å². The van der Waals surface area contributed by atoms with Crippen molar-refractivity contribution < 1.29 is 9.90 Å². The van der Waals surface area contributed by atoms with Crippen molar-refractivity contribution in [1.29, 1.82) is 0 Å². The lowest BCUT2D eigenvalue weighted by Gasteiger charge is -2.35. The number of phenols is 1. The molecule has 1 aliphatic rings. The number of aromatic hydroxyl groups is 1. The van der Waals surface area contributed by atoms with E-state index in [4.69, 9.17) is 11.6 Å². The van der Waals surface area contributed by atoms with E-state index in [1.165, 1.54) is 12.5 Å². The highest BCUT2D eigenvalue weighted by molar-refractivity contribution is 6.32. The molecule has 1 amide bonds. The third-order valence-electron chi connectivity index (χ3n) is 3.55. The van der Waals surface area contributed by atoms with E-state index < -0.39 is 0 Å². The van der Waals surface area contributed by atoms with Crippen LogP contribution < -0.4 is 0 Å². The van der Waals surface area contributed by atoms with Gasteiger partial charge in [0.1, 0.15) is 5.75 Å². The molecule has 1 atom stereocenters. The molecule has 18 heavy (non-hydrogen) atoms. The van der Waals surface area contributed by atoms with Crippen molar-refractivity contribution in [3.63, 3.8) is 0 Å². The Morgan fingerprint density at radius 1 is 1.50 bits per heavy atom. The molecule has 4 heteroatoms. The molecule has 1 aromatic carbocycles. The first-order chi connectivity index (χ1) is 8.63. The number of amides is 1. The number of halogens is 1.